The van der Waals surface area contributed by atoms with Gasteiger partial charge in [-0.25, -0.2) is 0 Å². The average molecular weight is 219 g/mol. The highest BCUT2D eigenvalue weighted by atomic mass is 32.1. The molecule has 0 spiro atoms. The second-order valence-corrected chi connectivity index (χ2v) is 3.52. The molecular formula is C10H9N3OS. The van der Waals surface area contributed by atoms with E-state index in [9.17, 15) is 4.79 Å². The molecule has 0 aliphatic carbocycles. The van der Waals surface area contributed by atoms with E-state index in [1.165, 1.54) is 6.92 Å². The Hall–Kier alpha value is -1.75. The van der Waals surface area contributed by atoms with Gasteiger partial charge in [0, 0.05) is 5.56 Å². The second-order valence-electron chi connectivity index (χ2n) is 3.14. The van der Waals surface area contributed by atoms with E-state index in [2.05, 4.69) is 10.2 Å². The average Bonchev–Trinajstić information content (AvgIpc) is 2.64. The van der Waals surface area contributed by atoms with Crippen LogP contribution in [0.25, 0.3) is 5.69 Å². The molecule has 0 atom stereocenters. The van der Waals surface area contributed by atoms with Gasteiger partial charge < -0.3 is 0 Å². The van der Waals surface area contributed by atoms with Crippen LogP contribution in [0.3, 0.4) is 0 Å². The highest BCUT2D eigenvalue weighted by molar-refractivity contribution is 7.71. The number of hydrogen-bond donors (Lipinski definition) is 1. The molecule has 0 aliphatic rings. The summed E-state index contributed by atoms with van der Waals surface area (Å²) in [7, 11) is 0. The Kier molecular flexibility index (Phi) is 2.47. The van der Waals surface area contributed by atoms with Crippen molar-refractivity contribution in [2.75, 3.05) is 0 Å². The van der Waals surface area contributed by atoms with E-state index >= 15 is 0 Å². The monoisotopic (exact) mass is 219 g/mol. The van der Waals surface area contributed by atoms with Crippen LogP contribution in [0.4, 0.5) is 0 Å². The lowest BCUT2D eigenvalue weighted by Crippen LogP contribution is -1.96. The van der Waals surface area contributed by atoms with Gasteiger partial charge in [-0.3, -0.25) is 14.5 Å². The van der Waals surface area contributed by atoms with Crippen LogP contribution < -0.4 is 0 Å². The molecule has 0 unspecified atom stereocenters. The number of hydrogen-bond acceptors (Lipinski definition) is 3. The first-order valence-electron chi connectivity index (χ1n) is 4.42. The number of aromatic nitrogens is 3. The molecule has 0 amide bonds. The summed E-state index contributed by atoms with van der Waals surface area (Å²) in [5.74, 6) is 0.0341. The molecule has 0 fully saturated rings. The number of H-pyrrole nitrogens is 1. The van der Waals surface area contributed by atoms with Gasteiger partial charge in [-0.2, -0.15) is 5.10 Å². The Balaban J connectivity index is 2.55. The maximum atomic E-state index is 11.2. The molecule has 2 aromatic rings. The van der Waals surface area contributed by atoms with Crippen molar-refractivity contribution in [3.8, 4) is 5.69 Å². The normalized spacial score (nSPS) is 10.2. The van der Waals surface area contributed by atoms with Crippen LogP contribution >= 0.6 is 12.2 Å². The minimum atomic E-state index is 0.0341. The largest absolute Gasteiger partial charge is 0.295 e. The zero-order valence-electron chi connectivity index (χ0n) is 8.10. The Morgan fingerprint density at radius 1 is 1.53 bits per heavy atom. The van der Waals surface area contributed by atoms with Gasteiger partial charge in [-0.1, -0.05) is 12.1 Å². The minimum absolute atomic E-state index is 0.0341. The lowest BCUT2D eigenvalue weighted by atomic mass is 10.1. The fourth-order valence-electron chi connectivity index (χ4n) is 1.31. The molecule has 5 heteroatoms. The highest BCUT2D eigenvalue weighted by Crippen LogP contribution is 2.10. The summed E-state index contributed by atoms with van der Waals surface area (Å²) in [6.45, 7) is 1.54. The van der Waals surface area contributed by atoms with Crippen molar-refractivity contribution in [2.24, 2.45) is 0 Å². The van der Waals surface area contributed by atoms with Gasteiger partial charge in [0.15, 0.2) is 10.6 Å². The summed E-state index contributed by atoms with van der Waals surface area (Å²) in [5, 5.41) is 6.48. The molecular weight excluding hydrogens is 210 g/mol. The van der Waals surface area contributed by atoms with Crippen LogP contribution in [0, 0.1) is 4.77 Å². The number of aromatic amines is 1. The third kappa shape index (κ3) is 1.87. The van der Waals surface area contributed by atoms with Crippen molar-refractivity contribution in [2.45, 2.75) is 6.92 Å². The summed E-state index contributed by atoms with van der Waals surface area (Å²) in [4.78, 5) is 11.2. The molecule has 2 rings (SSSR count). The molecule has 0 saturated carbocycles. The Morgan fingerprint density at radius 3 is 2.93 bits per heavy atom. The number of rotatable bonds is 2. The van der Waals surface area contributed by atoms with E-state index in [-0.39, 0.29) is 5.78 Å². The summed E-state index contributed by atoms with van der Waals surface area (Å²) < 4.78 is 2.22. The molecule has 15 heavy (non-hydrogen) atoms. The van der Waals surface area contributed by atoms with E-state index < -0.39 is 0 Å². The first kappa shape index (κ1) is 9.79. The van der Waals surface area contributed by atoms with Crippen LogP contribution in [-0.2, 0) is 0 Å². The van der Waals surface area contributed by atoms with Crippen molar-refractivity contribution in [3.05, 3.63) is 40.9 Å². The zero-order chi connectivity index (χ0) is 10.8. The van der Waals surface area contributed by atoms with Crippen LogP contribution in [-0.4, -0.2) is 20.5 Å². The summed E-state index contributed by atoms with van der Waals surface area (Å²) in [6, 6.07) is 7.25. The lowest BCUT2D eigenvalue weighted by Gasteiger charge is -2.02. The van der Waals surface area contributed by atoms with E-state index in [1.54, 1.807) is 23.0 Å². The van der Waals surface area contributed by atoms with Crippen LogP contribution in [0.1, 0.15) is 17.3 Å². The van der Waals surface area contributed by atoms with Crippen molar-refractivity contribution in [1.29, 1.82) is 0 Å². The summed E-state index contributed by atoms with van der Waals surface area (Å²) in [6.07, 6.45) is 1.58. The van der Waals surface area contributed by atoms with Gasteiger partial charge in [0.1, 0.15) is 6.33 Å². The molecule has 0 saturated heterocycles. The fourth-order valence-corrected chi connectivity index (χ4v) is 1.51. The molecule has 1 heterocycles. The number of nitrogens with one attached hydrogen (secondary N) is 1. The van der Waals surface area contributed by atoms with Crippen molar-refractivity contribution < 1.29 is 4.79 Å². The van der Waals surface area contributed by atoms with E-state index in [1.807, 2.05) is 12.1 Å². The standard InChI is InChI=1S/C10H9N3OS/c1-7(14)8-3-2-4-9(5-8)13-6-11-12-10(13)15/h2-6H,1H3,(H,12,15). The minimum Gasteiger partial charge on any atom is -0.295 e. The van der Waals surface area contributed by atoms with Crippen LogP contribution in [0.5, 0.6) is 0 Å². The number of Topliss-reactive ketones (excluding diaryl/α,β-unsaturated/α-hetero) is 1. The van der Waals surface area contributed by atoms with E-state index in [0.29, 0.717) is 10.3 Å². The van der Waals surface area contributed by atoms with Gasteiger partial charge in [-0.15, -0.1) is 0 Å². The number of benzene rings is 1. The molecule has 76 valence electrons. The van der Waals surface area contributed by atoms with Crippen LogP contribution in [0.15, 0.2) is 30.6 Å². The number of carbonyl (C=O) groups is 1. The molecule has 4 nitrogen and oxygen atoms in total. The highest BCUT2D eigenvalue weighted by Gasteiger charge is 2.02. The molecule has 1 aromatic heterocycles. The fraction of sp³-hybridized carbons (Fsp3) is 0.100. The van der Waals surface area contributed by atoms with Gasteiger partial charge >= 0.3 is 0 Å². The van der Waals surface area contributed by atoms with Crippen molar-refractivity contribution in [3.63, 3.8) is 0 Å². The second kappa shape index (κ2) is 3.78. The first-order valence-corrected chi connectivity index (χ1v) is 4.83. The maximum Gasteiger partial charge on any atom is 0.199 e. The predicted octanol–water partition coefficient (Wildman–Crippen LogP) is 2.13. The quantitative estimate of drug-likeness (QED) is 0.622. The molecule has 0 aliphatic heterocycles. The van der Waals surface area contributed by atoms with Gasteiger partial charge in [-0.05, 0) is 31.3 Å². The number of nitrogens with zero attached hydrogens (tertiary/aromatic N) is 2. The van der Waals surface area contributed by atoms with E-state index in [0.717, 1.165) is 5.69 Å². The SMILES string of the molecule is CC(=O)c1cccc(-n2cn[nH]c2=S)c1. The number of carbonyl (C=O) groups excluding carboxylic acids is 1. The third-order valence-electron chi connectivity index (χ3n) is 2.08. The van der Waals surface area contributed by atoms with Gasteiger partial charge in [0.2, 0.25) is 0 Å². The maximum absolute atomic E-state index is 11.2. The Bertz CT molecular complexity index is 556. The topological polar surface area (TPSA) is 50.7 Å². The van der Waals surface area contributed by atoms with Gasteiger partial charge in [0.25, 0.3) is 0 Å². The lowest BCUT2D eigenvalue weighted by molar-refractivity contribution is 0.101. The zero-order valence-corrected chi connectivity index (χ0v) is 8.91. The summed E-state index contributed by atoms with van der Waals surface area (Å²) in [5.41, 5.74) is 1.50. The summed E-state index contributed by atoms with van der Waals surface area (Å²) >= 11 is 5.04. The van der Waals surface area contributed by atoms with Crippen LogP contribution in [0.2, 0.25) is 0 Å². The first-order chi connectivity index (χ1) is 7.18. The smallest absolute Gasteiger partial charge is 0.199 e. The Labute approximate surface area is 91.6 Å². The molecule has 0 bridgehead atoms. The molecule has 1 aromatic carbocycles. The van der Waals surface area contributed by atoms with Crippen molar-refractivity contribution in [1.82, 2.24) is 14.8 Å². The van der Waals surface area contributed by atoms with Crippen molar-refractivity contribution >= 4 is 18.0 Å². The van der Waals surface area contributed by atoms with Gasteiger partial charge in [0.05, 0.1) is 5.69 Å². The third-order valence-corrected chi connectivity index (χ3v) is 2.37. The molecule has 0 radical (unpaired) electrons. The Morgan fingerprint density at radius 2 is 2.33 bits per heavy atom. The number of ketones is 1. The molecule has 1 N–H and O–H groups in total. The van der Waals surface area contributed by atoms with E-state index in [4.69, 9.17) is 12.2 Å². The predicted molar refractivity (Wildman–Crippen MR) is 58.8 cm³/mol.